The van der Waals surface area contributed by atoms with Gasteiger partial charge in [-0.1, -0.05) is 17.4 Å². The predicted molar refractivity (Wildman–Crippen MR) is 156 cm³/mol. The molecule has 1 N–H and O–H groups in total. The first kappa shape index (κ1) is 29.4. The van der Waals surface area contributed by atoms with E-state index in [0.717, 1.165) is 47.7 Å². The molecule has 40 heavy (non-hydrogen) atoms. The minimum atomic E-state index is -3.87. The van der Waals surface area contributed by atoms with Crippen molar-refractivity contribution < 1.29 is 13.2 Å². The second kappa shape index (κ2) is 13.2. The van der Waals surface area contributed by atoms with E-state index < -0.39 is 10.0 Å². The van der Waals surface area contributed by atoms with Crippen molar-refractivity contribution in [3.63, 3.8) is 0 Å². The number of nitriles is 2. The predicted octanol–water partition coefficient (Wildman–Crippen LogP) is 3.28. The summed E-state index contributed by atoms with van der Waals surface area (Å²) in [4.78, 5) is 22.2. The van der Waals surface area contributed by atoms with Gasteiger partial charge in [-0.05, 0) is 55.3 Å². The fraction of sp³-hybridized carbons (Fsp3) is 0.429. The number of carbonyl (C=O) groups is 1. The van der Waals surface area contributed by atoms with Crippen LogP contribution in [0, 0.1) is 36.5 Å². The van der Waals surface area contributed by atoms with Crippen LogP contribution in [0.3, 0.4) is 0 Å². The largest absolute Gasteiger partial charge is 0.351 e. The summed E-state index contributed by atoms with van der Waals surface area (Å²) in [6.45, 7) is 8.96. The van der Waals surface area contributed by atoms with Crippen molar-refractivity contribution >= 4 is 42.6 Å². The topological polar surface area (TPSA) is 133 Å². The maximum atomic E-state index is 13.0. The summed E-state index contributed by atoms with van der Waals surface area (Å²) in [5, 5.41) is 21.7. The Balaban J connectivity index is 1.26. The van der Waals surface area contributed by atoms with Crippen LogP contribution in [0.2, 0.25) is 0 Å². The molecule has 1 amide bonds. The molecule has 0 saturated carbocycles. The number of nitrogens with one attached hydrogen (secondary N) is 1. The van der Waals surface area contributed by atoms with E-state index in [1.54, 1.807) is 11.3 Å². The first-order valence-corrected chi connectivity index (χ1v) is 15.5. The number of carbonyl (C=O) groups excluding carboxylic acids is 1. The number of sulfonamides is 1. The Labute approximate surface area is 239 Å². The van der Waals surface area contributed by atoms with Gasteiger partial charge in [0.2, 0.25) is 10.0 Å². The first-order valence-electron chi connectivity index (χ1n) is 13.2. The molecular weight excluding hydrogens is 546 g/mol. The Bertz CT molecular complexity index is 1510. The van der Waals surface area contributed by atoms with Gasteiger partial charge in [-0.3, -0.25) is 9.69 Å². The molecule has 3 aromatic rings. The summed E-state index contributed by atoms with van der Waals surface area (Å²) >= 11 is 1.74. The number of fused-ring (bicyclic) bond motifs is 1. The van der Waals surface area contributed by atoms with Gasteiger partial charge in [-0.25, -0.2) is 13.4 Å². The minimum absolute atomic E-state index is 0.0109. The van der Waals surface area contributed by atoms with Crippen LogP contribution in [0.15, 0.2) is 41.3 Å². The Kier molecular flexibility index (Phi) is 9.71. The van der Waals surface area contributed by atoms with E-state index in [9.17, 15) is 13.2 Å². The third-order valence-electron chi connectivity index (χ3n) is 6.87. The molecule has 2 aromatic carbocycles. The Hall–Kier alpha value is -3.55. The highest BCUT2D eigenvalue weighted by Crippen LogP contribution is 2.32. The third-order valence-corrected chi connectivity index (χ3v) is 10.0. The van der Waals surface area contributed by atoms with E-state index in [2.05, 4.69) is 41.1 Å². The van der Waals surface area contributed by atoms with E-state index >= 15 is 0 Å². The van der Waals surface area contributed by atoms with E-state index in [1.165, 1.54) is 40.1 Å². The Morgan fingerprint density at radius 2 is 1.70 bits per heavy atom. The number of nitrogens with zero attached hydrogens (tertiary/aromatic N) is 6. The molecular formula is C28H33N7O3S2. The number of thiazole rings is 1. The number of aryl methyl sites for hydroxylation is 2. The molecule has 0 spiro atoms. The number of aromatic nitrogens is 1. The van der Waals surface area contributed by atoms with Gasteiger partial charge >= 0.3 is 0 Å². The molecule has 1 aliphatic rings. The van der Waals surface area contributed by atoms with E-state index in [4.69, 9.17) is 15.5 Å². The highest BCUT2D eigenvalue weighted by atomic mass is 32.2. The zero-order valence-electron chi connectivity index (χ0n) is 22.8. The summed E-state index contributed by atoms with van der Waals surface area (Å²) in [5.41, 5.74) is 3.91. The van der Waals surface area contributed by atoms with Crippen molar-refractivity contribution in [3.8, 4) is 12.1 Å². The standard InChI is InChI=1S/C28H33N7O3S2/c1-21-19-22(2)26-25(20-21)32-28(39-26)34-17-15-33(16-18-34)14-11-31-27(36)23-5-7-24(8-6-23)40(37,38)35(12-3-9-29)13-4-10-30/h5-8,19-20H,3-4,11-18H2,1-2H3,(H,31,36). The zero-order valence-corrected chi connectivity index (χ0v) is 24.4. The van der Waals surface area contributed by atoms with Crippen molar-refractivity contribution in [1.29, 1.82) is 10.5 Å². The lowest BCUT2D eigenvalue weighted by Crippen LogP contribution is -2.48. The molecule has 4 rings (SSSR count). The van der Waals surface area contributed by atoms with Gasteiger partial charge in [0.15, 0.2) is 5.13 Å². The monoisotopic (exact) mass is 579 g/mol. The summed E-state index contributed by atoms with van der Waals surface area (Å²) in [6.07, 6.45) is 0.0587. The third kappa shape index (κ3) is 6.95. The smallest absolute Gasteiger partial charge is 0.251 e. The van der Waals surface area contributed by atoms with Gasteiger partial charge in [0.25, 0.3) is 5.91 Å². The second-order valence-corrected chi connectivity index (χ2v) is 12.7. The van der Waals surface area contributed by atoms with Crippen molar-refractivity contribution in [3.05, 3.63) is 53.1 Å². The SMILES string of the molecule is Cc1cc(C)c2sc(N3CCN(CCNC(=O)c4ccc(S(=O)(=O)N(CCC#N)CCC#N)cc4)CC3)nc2c1. The normalized spacial score (nSPS) is 14.3. The lowest BCUT2D eigenvalue weighted by Gasteiger charge is -2.34. The van der Waals surface area contributed by atoms with Crippen LogP contribution in [0.1, 0.15) is 34.3 Å². The second-order valence-electron chi connectivity index (χ2n) is 9.76. The van der Waals surface area contributed by atoms with Crippen LogP contribution in [0.25, 0.3) is 10.2 Å². The molecule has 1 aliphatic heterocycles. The average Bonchev–Trinajstić information content (AvgIpc) is 3.38. The van der Waals surface area contributed by atoms with E-state index in [0.29, 0.717) is 12.1 Å². The van der Waals surface area contributed by atoms with Gasteiger partial charge < -0.3 is 10.2 Å². The van der Waals surface area contributed by atoms with Gasteiger partial charge in [-0.2, -0.15) is 14.8 Å². The van der Waals surface area contributed by atoms with Crippen LogP contribution >= 0.6 is 11.3 Å². The lowest BCUT2D eigenvalue weighted by atomic mass is 10.1. The zero-order chi connectivity index (χ0) is 28.7. The van der Waals surface area contributed by atoms with Crippen LogP contribution in [-0.2, 0) is 10.0 Å². The Morgan fingerprint density at radius 1 is 1.05 bits per heavy atom. The molecule has 1 saturated heterocycles. The summed E-state index contributed by atoms with van der Waals surface area (Å²) in [5.74, 6) is -0.270. The number of anilines is 1. The van der Waals surface area contributed by atoms with Crippen molar-refractivity contribution in [2.24, 2.45) is 0 Å². The van der Waals surface area contributed by atoms with E-state index in [-0.39, 0.29) is 36.7 Å². The van der Waals surface area contributed by atoms with Gasteiger partial charge in [-0.15, -0.1) is 0 Å². The van der Waals surface area contributed by atoms with Crippen LogP contribution in [0.4, 0.5) is 5.13 Å². The molecule has 12 heteroatoms. The average molecular weight is 580 g/mol. The quantitative estimate of drug-likeness (QED) is 0.366. The van der Waals surface area contributed by atoms with Crippen LogP contribution < -0.4 is 10.2 Å². The fourth-order valence-electron chi connectivity index (χ4n) is 4.72. The Morgan fingerprint density at radius 3 is 2.33 bits per heavy atom. The fourth-order valence-corrected chi connectivity index (χ4v) is 7.23. The molecule has 0 atom stereocenters. The molecule has 210 valence electrons. The van der Waals surface area contributed by atoms with Gasteiger partial charge in [0.1, 0.15) is 0 Å². The van der Waals surface area contributed by atoms with Gasteiger partial charge in [0, 0.05) is 70.8 Å². The van der Waals surface area contributed by atoms with Crippen LogP contribution in [0.5, 0.6) is 0 Å². The number of benzene rings is 2. The molecule has 0 unspecified atom stereocenters. The highest BCUT2D eigenvalue weighted by molar-refractivity contribution is 7.89. The van der Waals surface area contributed by atoms with Gasteiger partial charge in [0.05, 0.1) is 27.3 Å². The number of amides is 1. The van der Waals surface area contributed by atoms with Crippen molar-refractivity contribution in [2.75, 3.05) is 57.3 Å². The first-order chi connectivity index (χ1) is 19.2. The maximum Gasteiger partial charge on any atom is 0.251 e. The number of piperazine rings is 1. The molecule has 10 nitrogen and oxygen atoms in total. The maximum absolute atomic E-state index is 13.0. The summed E-state index contributed by atoms with van der Waals surface area (Å²) in [7, 11) is -3.87. The van der Waals surface area contributed by atoms with Crippen molar-refractivity contribution in [1.82, 2.24) is 19.5 Å². The molecule has 1 fully saturated rings. The minimum Gasteiger partial charge on any atom is -0.351 e. The number of hydrogen-bond donors (Lipinski definition) is 1. The molecule has 2 heterocycles. The number of hydrogen-bond acceptors (Lipinski definition) is 9. The molecule has 0 radical (unpaired) electrons. The summed E-state index contributed by atoms with van der Waals surface area (Å²) in [6, 6.07) is 13.9. The molecule has 1 aromatic heterocycles. The van der Waals surface area contributed by atoms with Crippen molar-refractivity contribution in [2.45, 2.75) is 31.6 Å². The molecule has 0 bridgehead atoms. The number of rotatable bonds is 11. The van der Waals surface area contributed by atoms with Crippen LogP contribution in [-0.4, -0.2) is 80.9 Å². The summed E-state index contributed by atoms with van der Waals surface area (Å²) < 4.78 is 28.3. The highest BCUT2D eigenvalue weighted by Gasteiger charge is 2.24. The molecule has 0 aliphatic carbocycles. The lowest BCUT2D eigenvalue weighted by molar-refractivity contribution is 0.0947. The van der Waals surface area contributed by atoms with E-state index in [1.807, 2.05) is 12.1 Å².